The molecule has 0 N–H and O–H groups in total. The fourth-order valence-electron chi connectivity index (χ4n) is 8.04. The van der Waals surface area contributed by atoms with Gasteiger partial charge < -0.3 is 37.6 Å². The molecule has 0 spiro atoms. The van der Waals surface area contributed by atoms with Gasteiger partial charge in [0.15, 0.2) is 31.3 Å². The van der Waals surface area contributed by atoms with Crippen LogP contribution in [0, 0.1) is 0 Å². The van der Waals surface area contributed by atoms with Crippen molar-refractivity contribution in [2.45, 2.75) is 138 Å². The van der Waals surface area contributed by atoms with E-state index in [4.69, 9.17) is 51.6 Å². The Kier molecular flexibility index (Phi) is 19.7. The highest BCUT2D eigenvalue weighted by Crippen LogP contribution is 2.36. The molecule has 20 nitrogen and oxygen atoms in total. The maximum atomic E-state index is 13.4. The molecule has 0 bridgehead atoms. The van der Waals surface area contributed by atoms with Crippen LogP contribution in [-0.2, 0) is 59.6 Å². The molecule has 0 unspecified atom stereocenters. The second-order valence-corrected chi connectivity index (χ2v) is 22.6. The maximum absolute atomic E-state index is 13.4. The SMILES string of the molecule is COCC(COC)n1c(CS(=O)(=O)[C@@H](C)[C@H](C)c2ncc(Cl)cn2)nnc1[C@@H]1CC[C@H](C)O1.COCC(COC)n1c(CS(=O)(=O)[C@@H](C)[C@H](C)c2ncc(Cl)cn2)nnc1[C@H]1CC[C@@H](C)O1. The Hall–Kier alpha value is -3.32. The standard InChI is InChI=1S/2C21H32ClN5O5S/c2*1-13-6-7-18(32-13)21-26-25-19(27(21)17(10-30-4)11-31-5)12-33(28,29)15(3)14(2)20-23-8-16(22)9-24-20/h2*8-9,13-15,17-18H,6-7,10-12H2,1-5H3/t13-,14+,15+,18-;13-,14-,15-,18-/m10/s1. The summed E-state index contributed by atoms with van der Waals surface area (Å²) in [5.74, 6) is 1.27. The Bertz CT molecular complexity index is 2180. The van der Waals surface area contributed by atoms with Crippen LogP contribution in [-0.4, -0.2) is 144 Å². The molecular formula is C42H64Cl2N10O10S2. The van der Waals surface area contributed by atoms with Crippen molar-refractivity contribution in [3.63, 3.8) is 0 Å². The van der Waals surface area contributed by atoms with Crippen molar-refractivity contribution in [2.24, 2.45) is 0 Å². The molecule has 0 saturated carbocycles. The van der Waals surface area contributed by atoms with Crippen LogP contribution in [0.25, 0.3) is 0 Å². The van der Waals surface area contributed by atoms with E-state index in [0.717, 1.165) is 25.7 Å². The molecule has 2 aliphatic rings. The Balaban J connectivity index is 0.000000247. The molecule has 8 atom stereocenters. The third kappa shape index (κ3) is 13.5. The first-order valence-corrected chi connectivity index (χ1v) is 26.1. The molecule has 0 aliphatic carbocycles. The molecule has 6 heterocycles. The Morgan fingerprint density at radius 1 is 0.576 bits per heavy atom. The highest BCUT2D eigenvalue weighted by atomic mass is 35.5. The molecule has 0 aromatic carbocycles. The van der Waals surface area contributed by atoms with Gasteiger partial charge in [-0.2, -0.15) is 0 Å². The van der Waals surface area contributed by atoms with Gasteiger partial charge in [-0.05, 0) is 53.4 Å². The monoisotopic (exact) mass is 1000 g/mol. The molecule has 0 amide bonds. The fraction of sp³-hybridized carbons (Fsp3) is 0.714. The topological polar surface area (TPSA) is 237 Å². The van der Waals surface area contributed by atoms with Gasteiger partial charge in [0.25, 0.3) is 0 Å². The summed E-state index contributed by atoms with van der Waals surface area (Å²) in [4.78, 5) is 16.8. The zero-order chi connectivity index (χ0) is 48.3. The van der Waals surface area contributed by atoms with Crippen LogP contribution in [0.15, 0.2) is 24.8 Å². The minimum atomic E-state index is -3.64. The molecule has 2 aliphatic heterocycles. The Morgan fingerprint density at radius 3 is 1.17 bits per heavy atom. The van der Waals surface area contributed by atoms with Crippen LogP contribution >= 0.6 is 23.2 Å². The van der Waals surface area contributed by atoms with E-state index in [1.807, 2.05) is 23.0 Å². The largest absolute Gasteiger partial charge is 0.382 e. The highest BCUT2D eigenvalue weighted by Gasteiger charge is 2.38. The van der Waals surface area contributed by atoms with Crippen molar-refractivity contribution in [3.05, 3.63) is 69.8 Å². The molecule has 2 fully saturated rings. The number of nitrogens with zero attached hydrogens (tertiary/aromatic N) is 10. The lowest BCUT2D eigenvalue weighted by atomic mass is 10.1. The summed E-state index contributed by atoms with van der Waals surface area (Å²) in [6.07, 6.45) is 8.96. The molecule has 368 valence electrons. The summed E-state index contributed by atoms with van der Waals surface area (Å²) in [6.45, 7) is 12.2. The van der Waals surface area contributed by atoms with E-state index >= 15 is 0 Å². The number of rotatable bonds is 22. The summed E-state index contributed by atoms with van der Waals surface area (Å²) in [5.41, 5.74) is 0. The van der Waals surface area contributed by atoms with Gasteiger partial charge in [-0.15, -0.1) is 20.4 Å². The minimum Gasteiger partial charge on any atom is -0.382 e. The van der Waals surface area contributed by atoms with Crippen molar-refractivity contribution in [3.8, 4) is 0 Å². The van der Waals surface area contributed by atoms with Crippen LogP contribution in [0.2, 0.25) is 10.0 Å². The Labute approximate surface area is 398 Å². The van der Waals surface area contributed by atoms with Gasteiger partial charge in [-0.25, -0.2) is 36.8 Å². The van der Waals surface area contributed by atoms with Gasteiger partial charge in [-0.1, -0.05) is 37.0 Å². The summed E-state index contributed by atoms with van der Waals surface area (Å²) < 4.78 is 90.8. The van der Waals surface area contributed by atoms with Crippen molar-refractivity contribution >= 4 is 42.9 Å². The van der Waals surface area contributed by atoms with Crippen LogP contribution in [0.4, 0.5) is 0 Å². The van der Waals surface area contributed by atoms with Gasteiger partial charge in [0, 0.05) is 65.1 Å². The highest BCUT2D eigenvalue weighted by molar-refractivity contribution is 7.91. The van der Waals surface area contributed by atoms with E-state index in [0.29, 0.717) is 71.4 Å². The van der Waals surface area contributed by atoms with Crippen LogP contribution in [0.1, 0.15) is 138 Å². The predicted octanol–water partition coefficient (Wildman–Crippen LogP) is 5.80. The molecule has 0 radical (unpaired) electrons. The summed E-state index contributed by atoms with van der Waals surface area (Å²) in [6, 6.07) is -0.580. The summed E-state index contributed by atoms with van der Waals surface area (Å²) in [5, 5.41) is 16.5. The van der Waals surface area contributed by atoms with E-state index in [9.17, 15) is 16.8 Å². The van der Waals surface area contributed by atoms with E-state index in [1.165, 1.54) is 24.8 Å². The zero-order valence-corrected chi connectivity index (χ0v) is 42.4. The normalized spacial score (nSPS) is 20.9. The smallest absolute Gasteiger partial charge is 0.162 e. The molecular weight excluding hydrogens is 940 g/mol. The van der Waals surface area contributed by atoms with E-state index in [2.05, 4.69) is 40.3 Å². The van der Waals surface area contributed by atoms with E-state index < -0.39 is 42.0 Å². The second kappa shape index (κ2) is 24.3. The van der Waals surface area contributed by atoms with E-state index in [1.54, 1.807) is 56.1 Å². The predicted molar refractivity (Wildman–Crippen MR) is 246 cm³/mol. The maximum Gasteiger partial charge on any atom is 0.162 e. The summed E-state index contributed by atoms with van der Waals surface area (Å²) >= 11 is 11.7. The molecule has 6 rings (SSSR count). The second-order valence-electron chi connectivity index (χ2n) is 17.0. The number of hydrogen-bond acceptors (Lipinski definition) is 18. The number of halogens is 2. The molecule has 4 aromatic heterocycles. The summed E-state index contributed by atoms with van der Waals surface area (Å²) in [7, 11) is -0.911. The lowest BCUT2D eigenvalue weighted by molar-refractivity contribution is 0.0397. The number of hydrogen-bond donors (Lipinski definition) is 0. The molecule has 2 saturated heterocycles. The number of methoxy groups -OCH3 is 4. The van der Waals surface area contributed by atoms with Crippen LogP contribution < -0.4 is 0 Å². The Morgan fingerprint density at radius 2 is 0.894 bits per heavy atom. The number of aromatic nitrogens is 10. The van der Waals surface area contributed by atoms with Crippen molar-refractivity contribution < 1.29 is 45.3 Å². The van der Waals surface area contributed by atoms with Gasteiger partial charge in [0.1, 0.15) is 47.0 Å². The first kappa shape index (κ1) is 53.6. The zero-order valence-electron chi connectivity index (χ0n) is 39.3. The van der Waals surface area contributed by atoms with Gasteiger partial charge in [0.2, 0.25) is 0 Å². The average molecular weight is 1000 g/mol. The molecule has 66 heavy (non-hydrogen) atoms. The minimum absolute atomic E-state index is 0.107. The average Bonchev–Trinajstić information content (AvgIpc) is 4.10. The van der Waals surface area contributed by atoms with Crippen LogP contribution in [0.5, 0.6) is 0 Å². The van der Waals surface area contributed by atoms with Gasteiger partial charge in [-0.3, -0.25) is 0 Å². The first-order chi connectivity index (χ1) is 31.3. The lowest BCUT2D eigenvalue weighted by Crippen LogP contribution is -2.30. The quantitative estimate of drug-likeness (QED) is 0.0904. The molecule has 4 aromatic rings. The van der Waals surface area contributed by atoms with Gasteiger partial charge >= 0.3 is 0 Å². The third-order valence-corrected chi connectivity index (χ3v) is 16.9. The lowest BCUT2D eigenvalue weighted by Gasteiger charge is -2.24. The van der Waals surface area contributed by atoms with Crippen molar-refractivity contribution in [2.75, 3.05) is 54.9 Å². The van der Waals surface area contributed by atoms with Crippen molar-refractivity contribution in [1.82, 2.24) is 49.5 Å². The number of sulfone groups is 2. The van der Waals surface area contributed by atoms with Crippen molar-refractivity contribution in [1.29, 1.82) is 0 Å². The van der Waals surface area contributed by atoms with Gasteiger partial charge in [0.05, 0.1) is 71.3 Å². The van der Waals surface area contributed by atoms with Crippen LogP contribution in [0.3, 0.4) is 0 Å². The first-order valence-electron chi connectivity index (χ1n) is 21.9. The third-order valence-electron chi connectivity index (χ3n) is 12.1. The molecule has 24 heteroatoms. The fourth-order valence-corrected chi connectivity index (χ4v) is 11.4. The van der Waals surface area contributed by atoms with E-state index in [-0.39, 0.29) is 48.0 Å². The number of ether oxygens (including phenoxy) is 6.